The number of nitrogens with one attached hydrogen (secondary N) is 1. The van der Waals surface area contributed by atoms with E-state index in [-0.39, 0.29) is 0 Å². The molecule has 0 aliphatic carbocycles. The number of aliphatic hydroxyl groups is 1. The van der Waals surface area contributed by atoms with Crippen LogP contribution in [0.1, 0.15) is 32.4 Å². The molecule has 0 aliphatic rings. The zero-order chi connectivity index (χ0) is 17.6. The van der Waals surface area contributed by atoms with E-state index in [1.54, 1.807) is 45.0 Å². The molecule has 23 heavy (non-hydrogen) atoms. The smallest absolute Gasteiger partial charge is 0.408 e. The number of amides is 1. The Morgan fingerprint density at radius 2 is 1.70 bits per heavy atom. The minimum absolute atomic E-state index is 0.509. The summed E-state index contributed by atoms with van der Waals surface area (Å²) in [5, 5.41) is 12.6. The monoisotopic (exact) mass is 325 g/mol. The number of hydrogen-bond acceptors (Lipinski definition) is 6. The highest BCUT2D eigenvalue weighted by Crippen LogP contribution is 2.22. The number of carbonyl (C=O) groups excluding carboxylic acids is 2. The molecule has 7 heteroatoms. The molecule has 1 aromatic carbocycles. The minimum atomic E-state index is -1.57. The first-order valence-corrected chi connectivity index (χ1v) is 7.07. The quantitative estimate of drug-likeness (QED) is 0.802. The second-order valence-electron chi connectivity index (χ2n) is 5.87. The molecule has 0 saturated carbocycles. The van der Waals surface area contributed by atoms with Gasteiger partial charge in [-0.2, -0.15) is 0 Å². The Hall–Kier alpha value is -2.28. The van der Waals surface area contributed by atoms with Gasteiger partial charge in [-0.25, -0.2) is 9.59 Å². The Bertz CT molecular complexity index is 534. The van der Waals surface area contributed by atoms with E-state index in [2.05, 4.69) is 10.1 Å². The van der Waals surface area contributed by atoms with Crippen molar-refractivity contribution in [2.45, 2.75) is 38.5 Å². The molecule has 1 amide bonds. The molecule has 0 radical (unpaired) electrons. The number of hydrogen-bond donors (Lipinski definition) is 2. The highest BCUT2D eigenvalue weighted by Gasteiger charge is 2.31. The van der Waals surface area contributed by atoms with Crippen molar-refractivity contribution in [3.8, 4) is 5.75 Å². The summed E-state index contributed by atoms with van der Waals surface area (Å²) < 4.78 is 14.8. The van der Waals surface area contributed by atoms with Crippen LogP contribution < -0.4 is 10.1 Å². The predicted octanol–water partition coefficient (Wildman–Crippen LogP) is 1.79. The van der Waals surface area contributed by atoms with E-state index in [0.29, 0.717) is 11.3 Å². The molecule has 1 aromatic rings. The fraction of sp³-hybridized carbons (Fsp3) is 0.500. The van der Waals surface area contributed by atoms with Gasteiger partial charge in [0.1, 0.15) is 11.4 Å². The first kappa shape index (κ1) is 18.8. The second-order valence-corrected chi connectivity index (χ2v) is 5.87. The number of esters is 1. The molecule has 2 N–H and O–H groups in total. The van der Waals surface area contributed by atoms with Gasteiger partial charge in [0.15, 0.2) is 6.10 Å². The molecule has 7 nitrogen and oxygen atoms in total. The molecule has 0 aliphatic heterocycles. The van der Waals surface area contributed by atoms with Crippen LogP contribution in [0.15, 0.2) is 24.3 Å². The largest absolute Gasteiger partial charge is 0.497 e. The number of rotatable bonds is 5. The summed E-state index contributed by atoms with van der Waals surface area (Å²) in [6, 6.07) is 5.56. The van der Waals surface area contributed by atoms with Gasteiger partial charge >= 0.3 is 12.1 Å². The lowest BCUT2D eigenvalue weighted by Gasteiger charge is -2.26. The number of benzene rings is 1. The molecule has 0 heterocycles. The fourth-order valence-corrected chi connectivity index (χ4v) is 1.85. The average molecular weight is 325 g/mol. The molecule has 0 spiro atoms. The number of alkyl carbamates (subject to hydrolysis) is 1. The van der Waals surface area contributed by atoms with Crippen molar-refractivity contribution in [2.24, 2.45) is 0 Å². The summed E-state index contributed by atoms with van der Waals surface area (Å²) in [5.74, 6) is -0.251. The molecule has 0 fully saturated rings. The van der Waals surface area contributed by atoms with Gasteiger partial charge in [0.25, 0.3) is 0 Å². The van der Waals surface area contributed by atoms with Crippen LogP contribution in [0.5, 0.6) is 5.75 Å². The Kier molecular flexibility index (Phi) is 6.38. The van der Waals surface area contributed by atoms with Gasteiger partial charge in [-0.3, -0.25) is 0 Å². The second kappa shape index (κ2) is 7.82. The van der Waals surface area contributed by atoms with Crippen LogP contribution in [0, 0.1) is 0 Å². The van der Waals surface area contributed by atoms with Gasteiger partial charge in [-0.05, 0) is 38.5 Å². The molecular weight excluding hydrogens is 302 g/mol. The van der Waals surface area contributed by atoms with Crippen molar-refractivity contribution >= 4 is 12.1 Å². The lowest BCUT2D eigenvalue weighted by atomic mass is 10.0. The lowest BCUT2D eigenvalue weighted by Crippen LogP contribution is -2.43. The number of aliphatic hydroxyl groups excluding tert-OH is 1. The van der Waals surface area contributed by atoms with Crippen molar-refractivity contribution in [3.63, 3.8) is 0 Å². The van der Waals surface area contributed by atoms with Gasteiger partial charge in [0.05, 0.1) is 20.3 Å². The van der Waals surface area contributed by atoms with Crippen molar-refractivity contribution in [1.82, 2.24) is 5.32 Å². The van der Waals surface area contributed by atoms with Crippen molar-refractivity contribution in [2.75, 3.05) is 14.2 Å². The van der Waals surface area contributed by atoms with Crippen LogP contribution in [0.25, 0.3) is 0 Å². The van der Waals surface area contributed by atoms with E-state index >= 15 is 0 Å². The van der Waals surface area contributed by atoms with Crippen molar-refractivity contribution in [3.05, 3.63) is 29.8 Å². The average Bonchev–Trinajstić information content (AvgIpc) is 2.49. The number of carbonyl (C=O) groups is 2. The Labute approximate surface area is 135 Å². The van der Waals surface area contributed by atoms with Crippen LogP contribution in [0.4, 0.5) is 4.79 Å². The normalized spacial score (nSPS) is 13.7. The van der Waals surface area contributed by atoms with Crippen LogP contribution in [0.3, 0.4) is 0 Å². The van der Waals surface area contributed by atoms with Crippen molar-refractivity contribution in [1.29, 1.82) is 0 Å². The molecular formula is C16H23NO6. The summed E-state index contributed by atoms with van der Waals surface area (Å²) in [6.07, 6.45) is -2.32. The maximum Gasteiger partial charge on any atom is 0.408 e. The first-order valence-electron chi connectivity index (χ1n) is 7.07. The standard InChI is InChI=1S/C16H23NO6/c1-16(2,3)23-15(20)17-12(13(18)14(19)22-5)10-6-8-11(21-4)9-7-10/h6-9,12-13,18H,1-5H3,(H,17,20)/t12-,13+/m1/s1. The van der Waals surface area contributed by atoms with E-state index in [1.165, 1.54) is 7.11 Å². The summed E-state index contributed by atoms with van der Waals surface area (Å²) in [4.78, 5) is 23.6. The predicted molar refractivity (Wildman–Crippen MR) is 83.1 cm³/mol. The summed E-state index contributed by atoms with van der Waals surface area (Å²) in [6.45, 7) is 5.14. The van der Waals surface area contributed by atoms with Crippen LogP contribution >= 0.6 is 0 Å². The maximum absolute atomic E-state index is 12.0. The van der Waals surface area contributed by atoms with E-state index in [0.717, 1.165) is 7.11 Å². The van der Waals surface area contributed by atoms with Gasteiger partial charge in [0.2, 0.25) is 0 Å². The molecule has 0 bridgehead atoms. The molecule has 0 unspecified atom stereocenters. The summed E-state index contributed by atoms with van der Waals surface area (Å²) in [5.41, 5.74) is -0.195. The Balaban J connectivity index is 3.01. The summed E-state index contributed by atoms with van der Waals surface area (Å²) in [7, 11) is 2.68. The molecule has 0 aromatic heterocycles. The molecule has 2 atom stereocenters. The molecule has 1 rings (SSSR count). The van der Waals surface area contributed by atoms with E-state index in [9.17, 15) is 14.7 Å². The van der Waals surface area contributed by atoms with Crippen molar-refractivity contribution < 1.29 is 28.9 Å². The van der Waals surface area contributed by atoms with Crippen LogP contribution in [-0.2, 0) is 14.3 Å². The number of ether oxygens (including phenoxy) is 3. The fourth-order valence-electron chi connectivity index (χ4n) is 1.85. The zero-order valence-corrected chi connectivity index (χ0v) is 14.0. The number of methoxy groups -OCH3 is 2. The van der Waals surface area contributed by atoms with E-state index in [1.807, 2.05) is 0 Å². The third-order valence-corrected chi connectivity index (χ3v) is 2.91. The third kappa shape index (κ3) is 5.78. The van der Waals surface area contributed by atoms with E-state index < -0.39 is 29.8 Å². The molecule has 0 saturated heterocycles. The molecule has 128 valence electrons. The highest BCUT2D eigenvalue weighted by atomic mass is 16.6. The van der Waals surface area contributed by atoms with Gasteiger partial charge in [-0.15, -0.1) is 0 Å². The highest BCUT2D eigenvalue weighted by molar-refractivity contribution is 5.77. The van der Waals surface area contributed by atoms with Gasteiger partial charge in [-0.1, -0.05) is 12.1 Å². The Morgan fingerprint density at radius 1 is 1.13 bits per heavy atom. The van der Waals surface area contributed by atoms with Crippen LogP contribution in [-0.4, -0.2) is 43.1 Å². The Morgan fingerprint density at radius 3 is 2.13 bits per heavy atom. The zero-order valence-electron chi connectivity index (χ0n) is 14.0. The topological polar surface area (TPSA) is 94.1 Å². The minimum Gasteiger partial charge on any atom is -0.497 e. The lowest BCUT2D eigenvalue weighted by molar-refractivity contribution is -0.152. The van der Waals surface area contributed by atoms with Crippen LogP contribution in [0.2, 0.25) is 0 Å². The maximum atomic E-state index is 12.0. The van der Waals surface area contributed by atoms with Gasteiger partial charge in [0, 0.05) is 0 Å². The first-order chi connectivity index (χ1) is 10.7. The van der Waals surface area contributed by atoms with E-state index in [4.69, 9.17) is 9.47 Å². The van der Waals surface area contributed by atoms with Gasteiger partial charge < -0.3 is 24.6 Å². The summed E-state index contributed by atoms with van der Waals surface area (Å²) >= 11 is 0. The SMILES string of the molecule is COC(=O)[C@@H](O)[C@H](NC(=O)OC(C)(C)C)c1ccc(OC)cc1. The third-order valence-electron chi connectivity index (χ3n) is 2.91.